The second-order valence-electron chi connectivity index (χ2n) is 8.42. The Morgan fingerprint density at radius 2 is 1.39 bits per heavy atom. The number of rotatable bonds is 1. The van der Waals surface area contributed by atoms with Gasteiger partial charge in [0, 0.05) is 16.5 Å². The van der Waals surface area contributed by atoms with Crippen LogP contribution < -0.4 is 0 Å². The van der Waals surface area contributed by atoms with E-state index in [-0.39, 0.29) is 10.8 Å². The number of furan rings is 1. The van der Waals surface area contributed by atoms with Crippen LogP contribution in [0, 0.1) is 0 Å². The third-order valence-electron chi connectivity index (χ3n) is 4.35. The summed E-state index contributed by atoms with van der Waals surface area (Å²) in [5, 5.41) is 1.20. The molecule has 1 heterocycles. The second kappa shape index (κ2) is 5.26. The van der Waals surface area contributed by atoms with Crippen molar-refractivity contribution in [2.45, 2.75) is 52.4 Å². The first-order valence-electron chi connectivity index (χ1n) is 8.30. The fraction of sp³-hybridized carbons (Fsp3) is 0.364. The average molecular weight is 306 g/mol. The minimum atomic E-state index is 0.0469. The molecule has 0 fully saturated rings. The van der Waals surface area contributed by atoms with E-state index in [1.54, 1.807) is 0 Å². The van der Waals surface area contributed by atoms with E-state index in [4.69, 9.17) is 4.42 Å². The highest BCUT2D eigenvalue weighted by molar-refractivity contribution is 5.87. The molecule has 0 amide bonds. The van der Waals surface area contributed by atoms with E-state index >= 15 is 0 Å². The third-order valence-corrected chi connectivity index (χ3v) is 4.35. The molecule has 0 bridgehead atoms. The molecule has 0 atom stereocenters. The zero-order valence-corrected chi connectivity index (χ0v) is 15.0. The molecule has 1 heteroatoms. The second-order valence-corrected chi connectivity index (χ2v) is 8.42. The van der Waals surface area contributed by atoms with Gasteiger partial charge in [-0.25, -0.2) is 0 Å². The van der Waals surface area contributed by atoms with E-state index in [9.17, 15) is 0 Å². The quantitative estimate of drug-likeness (QED) is 0.488. The number of hydrogen-bond donors (Lipinski definition) is 0. The summed E-state index contributed by atoms with van der Waals surface area (Å²) in [5.41, 5.74) is 4.95. The molecule has 3 aromatic rings. The van der Waals surface area contributed by atoms with E-state index in [0.29, 0.717) is 0 Å². The van der Waals surface area contributed by atoms with Crippen LogP contribution in [0.1, 0.15) is 52.7 Å². The Bertz CT molecular complexity index is 824. The lowest BCUT2D eigenvalue weighted by Crippen LogP contribution is -2.16. The van der Waals surface area contributed by atoms with Crippen molar-refractivity contribution in [2.75, 3.05) is 0 Å². The van der Waals surface area contributed by atoms with Crippen LogP contribution in [-0.4, -0.2) is 0 Å². The van der Waals surface area contributed by atoms with Crippen molar-refractivity contribution in [3.05, 3.63) is 59.7 Å². The molecule has 0 saturated carbocycles. The van der Waals surface area contributed by atoms with Gasteiger partial charge in [-0.05, 0) is 28.5 Å². The zero-order valence-electron chi connectivity index (χ0n) is 15.0. The van der Waals surface area contributed by atoms with Gasteiger partial charge in [0.15, 0.2) is 0 Å². The third kappa shape index (κ3) is 3.06. The van der Waals surface area contributed by atoms with Crippen molar-refractivity contribution in [3.63, 3.8) is 0 Å². The highest BCUT2D eigenvalue weighted by atomic mass is 16.3. The molecule has 0 aliphatic carbocycles. The van der Waals surface area contributed by atoms with Crippen LogP contribution in [0.15, 0.2) is 52.9 Å². The monoisotopic (exact) mass is 306 g/mol. The van der Waals surface area contributed by atoms with Gasteiger partial charge < -0.3 is 4.42 Å². The van der Waals surface area contributed by atoms with Crippen LogP contribution >= 0.6 is 0 Å². The van der Waals surface area contributed by atoms with Gasteiger partial charge in [0.05, 0.1) is 0 Å². The summed E-state index contributed by atoms with van der Waals surface area (Å²) in [6, 6.07) is 17.1. The molecule has 0 N–H and O–H groups in total. The molecule has 0 aliphatic rings. The smallest absolute Gasteiger partial charge is 0.138 e. The fourth-order valence-electron chi connectivity index (χ4n) is 2.89. The molecule has 23 heavy (non-hydrogen) atoms. The van der Waals surface area contributed by atoms with E-state index in [1.807, 2.05) is 18.2 Å². The minimum absolute atomic E-state index is 0.0469. The summed E-state index contributed by atoms with van der Waals surface area (Å²) in [6.45, 7) is 13.5. The van der Waals surface area contributed by atoms with Crippen LogP contribution in [0.3, 0.4) is 0 Å². The summed E-state index contributed by atoms with van der Waals surface area (Å²) >= 11 is 0. The largest absolute Gasteiger partial charge is 0.456 e. The highest BCUT2D eigenvalue weighted by Gasteiger charge is 2.24. The summed E-state index contributed by atoms with van der Waals surface area (Å²) in [7, 11) is 0. The Morgan fingerprint density at radius 1 is 0.739 bits per heavy atom. The molecule has 3 rings (SSSR count). The first-order valence-corrected chi connectivity index (χ1v) is 8.30. The van der Waals surface area contributed by atoms with Crippen molar-refractivity contribution in [3.8, 4) is 11.3 Å². The predicted molar refractivity (Wildman–Crippen MR) is 99.1 cm³/mol. The van der Waals surface area contributed by atoms with Gasteiger partial charge in [-0.15, -0.1) is 0 Å². The molecule has 120 valence electrons. The van der Waals surface area contributed by atoms with E-state index in [1.165, 1.54) is 16.5 Å². The maximum Gasteiger partial charge on any atom is 0.138 e. The standard InChI is InChI=1S/C22H26O/c1-21(2,3)17-12-16-13-19(15-10-8-7-9-11-15)23-20(16)18(14-17)22(4,5)6/h7-14H,1-6H3. The minimum Gasteiger partial charge on any atom is -0.456 e. The number of hydrogen-bond acceptors (Lipinski definition) is 1. The lowest BCUT2D eigenvalue weighted by molar-refractivity contribution is 0.554. The van der Waals surface area contributed by atoms with Crippen molar-refractivity contribution >= 4 is 11.0 Å². The maximum absolute atomic E-state index is 6.28. The number of benzene rings is 2. The van der Waals surface area contributed by atoms with Crippen LogP contribution in [-0.2, 0) is 10.8 Å². The van der Waals surface area contributed by atoms with Gasteiger partial charge in [0.25, 0.3) is 0 Å². The molecule has 0 spiro atoms. The topological polar surface area (TPSA) is 13.1 Å². The normalized spacial score (nSPS) is 12.8. The maximum atomic E-state index is 6.28. The van der Waals surface area contributed by atoms with Crippen molar-refractivity contribution < 1.29 is 4.42 Å². The fourth-order valence-corrected chi connectivity index (χ4v) is 2.89. The Morgan fingerprint density at radius 3 is 1.96 bits per heavy atom. The molecule has 0 saturated heterocycles. The van der Waals surface area contributed by atoms with E-state index in [2.05, 4.69) is 71.9 Å². The number of fused-ring (bicyclic) bond motifs is 1. The van der Waals surface area contributed by atoms with E-state index in [0.717, 1.165) is 16.9 Å². The van der Waals surface area contributed by atoms with Crippen molar-refractivity contribution in [2.24, 2.45) is 0 Å². The van der Waals surface area contributed by atoms with Crippen LogP contribution in [0.5, 0.6) is 0 Å². The Hall–Kier alpha value is -2.02. The summed E-state index contributed by atoms with van der Waals surface area (Å²) in [6.07, 6.45) is 0. The first kappa shape index (κ1) is 15.9. The highest BCUT2D eigenvalue weighted by Crippen LogP contribution is 2.38. The molecular weight excluding hydrogens is 280 g/mol. The molecule has 1 aromatic heterocycles. The first-order chi connectivity index (χ1) is 10.7. The summed E-state index contributed by atoms with van der Waals surface area (Å²) in [5.74, 6) is 0.942. The molecule has 2 aromatic carbocycles. The van der Waals surface area contributed by atoms with Crippen LogP contribution in [0.2, 0.25) is 0 Å². The van der Waals surface area contributed by atoms with Gasteiger partial charge in [-0.3, -0.25) is 0 Å². The van der Waals surface area contributed by atoms with E-state index < -0.39 is 0 Å². The Labute approximate surface area is 139 Å². The summed E-state index contributed by atoms with van der Waals surface area (Å²) < 4.78 is 6.28. The molecule has 0 unspecified atom stereocenters. The zero-order chi connectivity index (χ0) is 16.8. The van der Waals surface area contributed by atoms with Crippen LogP contribution in [0.25, 0.3) is 22.3 Å². The van der Waals surface area contributed by atoms with Crippen molar-refractivity contribution in [1.29, 1.82) is 0 Å². The molecular formula is C22H26O. The van der Waals surface area contributed by atoms with Gasteiger partial charge in [0.1, 0.15) is 11.3 Å². The van der Waals surface area contributed by atoms with Gasteiger partial charge >= 0.3 is 0 Å². The molecule has 0 radical (unpaired) electrons. The Balaban J connectivity index is 2.28. The van der Waals surface area contributed by atoms with Gasteiger partial charge in [0.2, 0.25) is 0 Å². The van der Waals surface area contributed by atoms with Gasteiger partial charge in [-0.2, -0.15) is 0 Å². The SMILES string of the molecule is CC(C)(C)c1cc(C(C)(C)C)c2oc(-c3ccccc3)cc2c1. The lowest BCUT2D eigenvalue weighted by atomic mass is 9.80. The average Bonchev–Trinajstić information content (AvgIpc) is 2.89. The van der Waals surface area contributed by atoms with Crippen LogP contribution in [0.4, 0.5) is 0 Å². The van der Waals surface area contributed by atoms with Gasteiger partial charge in [-0.1, -0.05) is 77.9 Å². The Kier molecular flexibility index (Phi) is 3.63. The van der Waals surface area contributed by atoms with Crippen molar-refractivity contribution in [1.82, 2.24) is 0 Å². The lowest BCUT2D eigenvalue weighted by Gasteiger charge is -2.25. The molecule has 1 nitrogen and oxygen atoms in total. The molecule has 0 aliphatic heterocycles. The summed E-state index contributed by atoms with van der Waals surface area (Å²) in [4.78, 5) is 0. The predicted octanol–water partition coefficient (Wildman–Crippen LogP) is 6.69.